The lowest BCUT2D eigenvalue weighted by Crippen LogP contribution is -2.33. The van der Waals surface area contributed by atoms with Gasteiger partial charge in [0.15, 0.2) is 0 Å². The van der Waals surface area contributed by atoms with Gasteiger partial charge in [0.2, 0.25) is 0 Å². The molecule has 110 valence electrons. The molecule has 3 rings (SSSR count). The molecule has 1 heterocycles. The maximum atomic E-state index is 5.80. The zero-order valence-corrected chi connectivity index (χ0v) is 12.7. The Morgan fingerprint density at radius 2 is 1.90 bits per heavy atom. The highest BCUT2D eigenvalue weighted by atomic mass is 16.5. The Morgan fingerprint density at radius 3 is 2.71 bits per heavy atom. The minimum atomic E-state index is 0.757. The Bertz CT molecular complexity index is 579. The zero-order valence-electron chi connectivity index (χ0n) is 12.7. The van der Waals surface area contributed by atoms with E-state index in [2.05, 4.69) is 30.0 Å². The molecule has 0 saturated heterocycles. The van der Waals surface area contributed by atoms with Gasteiger partial charge in [0.1, 0.15) is 12.4 Å². The standard InChI is InChI=1S/C19H23NO/c1-2-16-8-9-17-10-11-20(15-18(17)14-16)12-13-21-19-6-4-3-5-7-19/h3-9,14H,2,10-13,15H2,1H3. The quantitative estimate of drug-likeness (QED) is 0.829. The van der Waals surface area contributed by atoms with Crippen LogP contribution in [0.4, 0.5) is 0 Å². The van der Waals surface area contributed by atoms with Crippen LogP contribution in [0.15, 0.2) is 48.5 Å². The van der Waals surface area contributed by atoms with Crippen LogP contribution in [0.25, 0.3) is 0 Å². The summed E-state index contributed by atoms with van der Waals surface area (Å²) >= 11 is 0. The molecule has 1 aliphatic heterocycles. The van der Waals surface area contributed by atoms with E-state index in [1.807, 2.05) is 30.3 Å². The largest absolute Gasteiger partial charge is 0.492 e. The maximum absolute atomic E-state index is 5.80. The first-order valence-corrected chi connectivity index (χ1v) is 7.86. The zero-order chi connectivity index (χ0) is 14.5. The molecule has 0 aliphatic carbocycles. The van der Waals surface area contributed by atoms with Crippen molar-refractivity contribution in [2.75, 3.05) is 19.7 Å². The number of nitrogens with zero attached hydrogens (tertiary/aromatic N) is 1. The van der Waals surface area contributed by atoms with E-state index < -0.39 is 0 Å². The molecule has 2 aromatic carbocycles. The van der Waals surface area contributed by atoms with Crippen molar-refractivity contribution in [1.29, 1.82) is 0 Å². The van der Waals surface area contributed by atoms with Crippen molar-refractivity contribution in [3.8, 4) is 5.75 Å². The molecule has 2 nitrogen and oxygen atoms in total. The first-order valence-electron chi connectivity index (χ1n) is 7.86. The normalized spacial score (nSPS) is 14.7. The van der Waals surface area contributed by atoms with Crippen molar-refractivity contribution >= 4 is 0 Å². The lowest BCUT2D eigenvalue weighted by atomic mass is 9.97. The molecular weight excluding hydrogens is 258 g/mol. The second-order valence-electron chi connectivity index (χ2n) is 5.64. The molecule has 0 bridgehead atoms. The highest BCUT2D eigenvalue weighted by molar-refractivity contribution is 5.33. The number of benzene rings is 2. The van der Waals surface area contributed by atoms with E-state index in [4.69, 9.17) is 4.74 Å². The third kappa shape index (κ3) is 3.64. The number of rotatable bonds is 5. The predicted octanol–water partition coefficient (Wildman–Crippen LogP) is 3.69. The van der Waals surface area contributed by atoms with Gasteiger partial charge >= 0.3 is 0 Å². The first-order chi connectivity index (χ1) is 10.3. The van der Waals surface area contributed by atoms with E-state index in [0.29, 0.717) is 0 Å². The lowest BCUT2D eigenvalue weighted by Gasteiger charge is -2.29. The molecule has 0 radical (unpaired) electrons. The smallest absolute Gasteiger partial charge is 0.119 e. The van der Waals surface area contributed by atoms with Crippen LogP contribution >= 0.6 is 0 Å². The van der Waals surface area contributed by atoms with Crippen LogP contribution in [0.3, 0.4) is 0 Å². The van der Waals surface area contributed by atoms with Gasteiger partial charge in [-0.05, 0) is 41.7 Å². The first kappa shape index (κ1) is 14.2. The fourth-order valence-electron chi connectivity index (χ4n) is 2.89. The summed E-state index contributed by atoms with van der Waals surface area (Å²) < 4.78 is 5.80. The Labute approximate surface area is 127 Å². The van der Waals surface area contributed by atoms with E-state index in [-0.39, 0.29) is 0 Å². The topological polar surface area (TPSA) is 12.5 Å². The van der Waals surface area contributed by atoms with E-state index in [0.717, 1.165) is 44.8 Å². The second kappa shape index (κ2) is 6.77. The Hall–Kier alpha value is -1.80. The van der Waals surface area contributed by atoms with Gasteiger partial charge < -0.3 is 4.74 Å². The fourth-order valence-corrected chi connectivity index (χ4v) is 2.89. The average molecular weight is 281 g/mol. The van der Waals surface area contributed by atoms with Crippen molar-refractivity contribution in [3.63, 3.8) is 0 Å². The molecule has 0 unspecified atom stereocenters. The molecule has 0 aromatic heterocycles. The van der Waals surface area contributed by atoms with E-state index in [9.17, 15) is 0 Å². The molecule has 21 heavy (non-hydrogen) atoms. The number of hydrogen-bond donors (Lipinski definition) is 0. The third-order valence-corrected chi connectivity index (χ3v) is 4.19. The van der Waals surface area contributed by atoms with Crippen LogP contribution in [0, 0.1) is 0 Å². The number of hydrogen-bond acceptors (Lipinski definition) is 2. The molecule has 0 spiro atoms. The van der Waals surface area contributed by atoms with Crippen molar-refractivity contribution < 1.29 is 4.74 Å². The van der Waals surface area contributed by atoms with E-state index in [1.165, 1.54) is 16.7 Å². The van der Waals surface area contributed by atoms with Crippen molar-refractivity contribution in [2.24, 2.45) is 0 Å². The lowest BCUT2D eigenvalue weighted by molar-refractivity contribution is 0.196. The fraction of sp³-hybridized carbons (Fsp3) is 0.368. The monoisotopic (exact) mass is 281 g/mol. The number of aryl methyl sites for hydroxylation is 1. The SMILES string of the molecule is CCc1ccc2c(c1)CN(CCOc1ccccc1)CC2. The Morgan fingerprint density at radius 1 is 1.05 bits per heavy atom. The van der Waals surface area contributed by atoms with Crippen molar-refractivity contribution in [1.82, 2.24) is 4.90 Å². The minimum Gasteiger partial charge on any atom is -0.492 e. The van der Waals surface area contributed by atoms with Crippen LogP contribution in [0.1, 0.15) is 23.6 Å². The second-order valence-corrected chi connectivity index (χ2v) is 5.64. The Kier molecular flexibility index (Phi) is 4.56. The van der Waals surface area contributed by atoms with Gasteiger partial charge in [-0.2, -0.15) is 0 Å². The molecule has 2 aromatic rings. The molecule has 0 atom stereocenters. The minimum absolute atomic E-state index is 0.757. The van der Waals surface area contributed by atoms with Crippen LogP contribution in [0.2, 0.25) is 0 Å². The highest BCUT2D eigenvalue weighted by Gasteiger charge is 2.16. The molecule has 1 aliphatic rings. The van der Waals surface area contributed by atoms with Crippen molar-refractivity contribution in [2.45, 2.75) is 26.3 Å². The van der Waals surface area contributed by atoms with Gasteiger partial charge in [0.05, 0.1) is 0 Å². The predicted molar refractivity (Wildman–Crippen MR) is 86.7 cm³/mol. The van der Waals surface area contributed by atoms with Gasteiger partial charge in [0, 0.05) is 19.6 Å². The van der Waals surface area contributed by atoms with Gasteiger partial charge in [-0.25, -0.2) is 0 Å². The van der Waals surface area contributed by atoms with Crippen LogP contribution in [0.5, 0.6) is 5.75 Å². The van der Waals surface area contributed by atoms with E-state index in [1.54, 1.807) is 0 Å². The number of para-hydroxylation sites is 1. The van der Waals surface area contributed by atoms with Crippen LogP contribution in [-0.2, 0) is 19.4 Å². The summed E-state index contributed by atoms with van der Waals surface area (Å²) in [5.74, 6) is 0.961. The van der Waals surface area contributed by atoms with Crippen LogP contribution < -0.4 is 4.74 Å². The van der Waals surface area contributed by atoms with Gasteiger partial charge in [-0.1, -0.05) is 43.3 Å². The molecular formula is C19H23NO. The molecule has 2 heteroatoms. The molecule has 0 fully saturated rings. The highest BCUT2D eigenvalue weighted by Crippen LogP contribution is 2.20. The van der Waals surface area contributed by atoms with Crippen molar-refractivity contribution in [3.05, 3.63) is 65.2 Å². The summed E-state index contributed by atoms with van der Waals surface area (Å²) in [7, 11) is 0. The van der Waals surface area contributed by atoms with Gasteiger partial charge in [-0.15, -0.1) is 0 Å². The van der Waals surface area contributed by atoms with Crippen LogP contribution in [-0.4, -0.2) is 24.6 Å². The summed E-state index contributed by atoms with van der Waals surface area (Å²) in [6.45, 7) is 6.16. The Balaban J connectivity index is 1.54. The average Bonchev–Trinajstić information content (AvgIpc) is 2.55. The van der Waals surface area contributed by atoms with Gasteiger partial charge in [-0.3, -0.25) is 4.90 Å². The summed E-state index contributed by atoms with van der Waals surface area (Å²) in [6.07, 6.45) is 2.27. The molecule has 0 N–H and O–H groups in total. The van der Waals surface area contributed by atoms with E-state index >= 15 is 0 Å². The summed E-state index contributed by atoms with van der Waals surface area (Å²) in [6, 6.07) is 17.0. The van der Waals surface area contributed by atoms with Gasteiger partial charge in [0.25, 0.3) is 0 Å². The summed E-state index contributed by atoms with van der Waals surface area (Å²) in [5, 5.41) is 0. The molecule has 0 amide bonds. The third-order valence-electron chi connectivity index (χ3n) is 4.19. The number of ether oxygens (including phenoxy) is 1. The maximum Gasteiger partial charge on any atom is 0.119 e. The molecule has 0 saturated carbocycles. The summed E-state index contributed by atoms with van der Waals surface area (Å²) in [4.78, 5) is 2.49. The number of fused-ring (bicyclic) bond motifs is 1. The summed E-state index contributed by atoms with van der Waals surface area (Å²) in [5.41, 5.74) is 4.46.